The number of likely N-dealkylation sites (tertiary alicyclic amines) is 1. The lowest BCUT2D eigenvalue weighted by Crippen LogP contribution is -2.44. The van der Waals surface area contributed by atoms with Crippen molar-refractivity contribution in [1.82, 2.24) is 19.7 Å². The van der Waals surface area contributed by atoms with E-state index in [1.165, 1.54) is 0 Å². The molecule has 0 spiro atoms. The highest BCUT2D eigenvalue weighted by Crippen LogP contribution is 2.17. The van der Waals surface area contributed by atoms with Gasteiger partial charge >= 0.3 is 0 Å². The zero-order chi connectivity index (χ0) is 17.6. The molecule has 1 aliphatic heterocycles. The summed E-state index contributed by atoms with van der Waals surface area (Å²) in [5, 5.41) is 7.21. The first-order chi connectivity index (χ1) is 12.2. The number of carbonyl (C=O) groups is 2. The lowest BCUT2D eigenvalue weighted by atomic mass is 10.2. The van der Waals surface area contributed by atoms with Crippen LogP contribution in [0, 0.1) is 0 Å². The van der Waals surface area contributed by atoms with Crippen LogP contribution >= 0.6 is 0 Å². The molecule has 7 nitrogen and oxygen atoms in total. The number of amides is 2. The van der Waals surface area contributed by atoms with E-state index in [0.29, 0.717) is 31.7 Å². The average molecular weight is 341 g/mol. The number of hydrogen-bond acceptors (Lipinski definition) is 4. The quantitative estimate of drug-likeness (QED) is 0.833. The highest BCUT2D eigenvalue weighted by molar-refractivity contribution is 5.96. The van der Waals surface area contributed by atoms with Gasteiger partial charge in [-0.3, -0.25) is 19.3 Å². The summed E-state index contributed by atoms with van der Waals surface area (Å²) in [4.78, 5) is 30.3. The molecule has 1 aliphatic rings. The smallest absolute Gasteiger partial charge is 0.248 e. The molecular formula is C18H23N5O2. The summed E-state index contributed by atoms with van der Waals surface area (Å²) in [5.41, 5.74) is 1.00. The first-order valence-corrected chi connectivity index (χ1v) is 8.71. The Bertz CT molecular complexity index is 728. The molecule has 1 atom stereocenters. The lowest BCUT2D eigenvalue weighted by molar-refractivity contribution is -0.135. The number of pyridine rings is 1. The second kappa shape index (κ2) is 7.92. The maximum absolute atomic E-state index is 12.5. The van der Waals surface area contributed by atoms with Crippen molar-refractivity contribution in [3.05, 3.63) is 42.4 Å². The predicted octanol–water partition coefficient (Wildman–Crippen LogP) is 1.86. The van der Waals surface area contributed by atoms with Crippen molar-refractivity contribution in [2.24, 2.45) is 0 Å². The summed E-state index contributed by atoms with van der Waals surface area (Å²) >= 11 is 0. The first kappa shape index (κ1) is 17.1. The van der Waals surface area contributed by atoms with E-state index in [-0.39, 0.29) is 11.8 Å². The van der Waals surface area contributed by atoms with Crippen molar-refractivity contribution in [3.63, 3.8) is 0 Å². The van der Waals surface area contributed by atoms with E-state index in [2.05, 4.69) is 15.4 Å². The van der Waals surface area contributed by atoms with Gasteiger partial charge in [-0.05, 0) is 25.0 Å². The van der Waals surface area contributed by atoms with Gasteiger partial charge in [-0.1, -0.05) is 13.0 Å². The largest absolute Gasteiger partial charge is 0.331 e. The lowest BCUT2D eigenvalue weighted by Gasteiger charge is -2.25. The van der Waals surface area contributed by atoms with Gasteiger partial charge in [-0.2, -0.15) is 5.10 Å². The minimum atomic E-state index is -0.423. The fraction of sp³-hybridized carbons (Fsp3) is 0.444. The van der Waals surface area contributed by atoms with Crippen LogP contribution in [0.4, 0.5) is 5.82 Å². The maximum atomic E-state index is 12.5. The van der Waals surface area contributed by atoms with E-state index in [1.807, 2.05) is 31.3 Å². The number of aromatic nitrogens is 3. The Morgan fingerprint density at radius 3 is 2.92 bits per heavy atom. The molecule has 2 aromatic rings. The minimum Gasteiger partial charge on any atom is -0.331 e. The number of nitrogens with one attached hydrogen (secondary N) is 1. The van der Waals surface area contributed by atoms with Crippen LogP contribution in [-0.4, -0.2) is 44.1 Å². The molecule has 25 heavy (non-hydrogen) atoms. The second-order valence-corrected chi connectivity index (χ2v) is 6.14. The van der Waals surface area contributed by atoms with Crippen LogP contribution in [0.15, 0.2) is 36.7 Å². The predicted molar refractivity (Wildman–Crippen MR) is 93.8 cm³/mol. The molecule has 1 N–H and O–H groups in total. The van der Waals surface area contributed by atoms with Crippen LogP contribution in [0.25, 0.3) is 0 Å². The van der Waals surface area contributed by atoms with Gasteiger partial charge in [0.2, 0.25) is 11.8 Å². The fourth-order valence-electron chi connectivity index (χ4n) is 3.08. The molecule has 0 aromatic carbocycles. The van der Waals surface area contributed by atoms with Gasteiger partial charge in [0, 0.05) is 50.1 Å². The first-order valence-electron chi connectivity index (χ1n) is 8.71. The Morgan fingerprint density at radius 2 is 2.24 bits per heavy atom. The molecule has 1 unspecified atom stereocenters. The van der Waals surface area contributed by atoms with Gasteiger partial charge in [0.05, 0.1) is 0 Å². The molecule has 2 amide bonds. The van der Waals surface area contributed by atoms with Gasteiger partial charge in [0.25, 0.3) is 0 Å². The minimum absolute atomic E-state index is 0.0582. The third-order valence-electron chi connectivity index (χ3n) is 4.39. The SMILES string of the molecule is CCC(C(=O)Nc1ccn(CCc2ccccn2)n1)N1CCCC1=O. The molecule has 0 bridgehead atoms. The van der Waals surface area contributed by atoms with Crippen LogP contribution < -0.4 is 5.32 Å². The highest BCUT2D eigenvalue weighted by atomic mass is 16.2. The highest BCUT2D eigenvalue weighted by Gasteiger charge is 2.31. The van der Waals surface area contributed by atoms with E-state index < -0.39 is 6.04 Å². The van der Waals surface area contributed by atoms with Crippen LogP contribution in [0.1, 0.15) is 31.9 Å². The van der Waals surface area contributed by atoms with E-state index in [1.54, 1.807) is 21.8 Å². The number of carbonyl (C=O) groups excluding carboxylic acids is 2. The van der Waals surface area contributed by atoms with Gasteiger partial charge in [0.15, 0.2) is 5.82 Å². The van der Waals surface area contributed by atoms with E-state index in [0.717, 1.165) is 18.5 Å². The zero-order valence-corrected chi connectivity index (χ0v) is 14.4. The topological polar surface area (TPSA) is 80.1 Å². The fourth-order valence-corrected chi connectivity index (χ4v) is 3.08. The van der Waals surface area contributed by atoms with Gasteiger partial charge in [0.1, 0.15) is 6.04 Å². The summed E-state index contributed by atoms with van der Waals surface area (Å²) in [6, 6.07) is 7.18. The van der Waals surface area contributed by atoms with E-state index in [9.17, 15) is 9.59 Å². The third-order valence-corrected chi connectivity index (χ3v) is 4.39. The van der Waals surface area contributed by atoms with Crippen LogP contribution in [-0.2, 0) is 22.6 Å². The summed E-state index contributed by atoms with van der Waals surface area (Å²) < 4.78 is 1.78. The van der Waals surface area contributed by atoms with Crippen molar-refractivity contribution in [1.29, 1.82) is 0 Å². The normalized spacial score (nSPS) is 15.4. The Morgan fingerprint density at radius 1 is 1.36 bits per heavy atom. The average Bonchev–Trinajstić information content (AvgIpc) is 3.24. The third kappa shape index (κ3) is 4.23. The van der Waals surface area contributed by atoms with Crippen molar-refractivity contribution < 1.29 is 9.59 Å². The summed E-state index contributed by atoms with van der Waals surface area (Å²) in [7, 11) is 0. The van der Waals surface area contributed by atoms with Gasteiger partial charge in [-0.25, -0.2) is 0 Å². The van der Waals surface area contributed by atoms with E-state index >= 15 is 0 Å². The second-order valence-electron chi connectivity index (χ2n) is 6.14. The summed E-state index contributed by atoms with van der Waals surface area (Å²) in [6.07, 6.45) is 6.33. The van der Waals surface area contributed by atoms with Gasteiger partial charge < -0.3 is 10.2 Å². The Kier molecular flexibility index (Phi) is 5.42. The molecule has 3 heterocycles. The van der Waals surface area contributed by atoms with Crippen molar-refractivity contribution in [2.75, 3.05) is 11.9 Å². The van der Waals surface area contributed by atoms with E-state index in [4.69, 9.17) is 0 Å². The zero-order valence-electron chi connectivity index (χ0n) is 14.4. The van der Waals surface area contributed by atoms with Crippen molar-refractivity contribution in [3.8, 4) is 0 Å². The molecule has 1 saturated heterocycles. The Hall–Kier alpha value is -2.70. The van der Waals surface area contributed by atoms with Gasteiger partial charge in [-0.15, -0.1) is 0 Å². The molecule has 0 aliphatic carbocycles. The Labute approximate surface area is 147 Å². The number of nitrogens with zero attached hydrogens (tertiary/aromatic N) is 4. The number of hydrogen-bond donors (Lipinski definition) is 1. The summed E-state index contributed by atoms with van der Waals surface area (Å²) in [6.45, 7) is 3.26. The monoisotopic (exact) mass is 341 g/mol. The number of aryl methyl sites for hydroxylation is 2. The van der Waals surface area contributed by atoms with Crippen molar-refractivity contribution in [2.45, 2.75) is 45.2 Å². The Balaban J connectivity index is 1.56. The molecule has 0 saturated carbocycles. The molecule has 2 aromatic heterocycles. The maximum Gasteiger partial charge on any atom is 0.248 e. The summed E-state index contributed by atoms with van der Waals surface area (Å²) in [5.74, 6) is 0.395. The molecule has 132 valence electrons. The van der Waals surface area contributed by atoms with Crippen LogP contribution in [0.2, 0.25) is 0 Å². The van der Waals surface area contributed by atoms with Crippen LogP contribution in [0.3, 0.4) is 0 Å². The molecule has 0 radical (unpaired) electrons. The van der Waals surface area contributed by atoms with Crippen molar-refractivity contribution >= 4 is 17.6 Å². The van der Waals surface area contributed by atoms with Crippen LogP contribution in [0.5, 0.6) is 0 Å². The number of anilines is 1. The molecular weight excluding hydrogens is 318 g/mol. The number of rotatable bonds is 7. The molecule has 1 fully saturated rings. The molecule has 7 heteroatoms. The molecule has 3 rings (SSSR count). The standard InChI is InChI=1S/C18H23N5O2/c1-2-15(23-11-5-7-17(23)24)18(25)20-16-9-13-22(21-16)12-8-14-6-3-4-10-19-14/h3-4,6,9-10,13,15H,2,5,7-8,11-12H2,1H3,(H,20,21,25).